The largest absolute Gasteiger partial charge is 0.383 e. The lowest BCUT2D eigenvalue weighted by Crippen LogP contribution is -2.14. The highest BCUT2D eigenvalue weighted by atomic mass is 16.5. The SMILES string of the molecule is C=CC.C=CCCCNCc1cn(CCOC)c2ccc(/C=C/C(=O)NO)cc12. The Morgan fingerprint density at radius 3 is 2.76 bits per heavy atom. The Bertz CT molecular complexity index is 809. The first-order valence-electron chi connectivity index (χ1n) is 9.72. The van der Waals surface area contributed by atoms with Crippen LogP contribution in [-0.2, 0) is 22.6 Å². The molecule has 0 saturated carbocycles. The fourth-order valence-electron chi connectivity index (χ4n) is 2.81. The molecule has 0 aliphatic heterocycles. The standard InChI is InChI=1S/C20H27N3O3.C3H6/c1-3-4-5-10-21-14-17-15-23(11-12-26-2)19-8-6-16(13-18(17)19)7-9-20(24)22-25;1-3-2/h3,6-9,13,15,21,25H,1,4-5,10-12,14H2,2H3,(H,22,24);3H,1H2,2H3/b9-7+;. The van der Waals surface area contributed by atoms with Crippen LogP contribution in [0.5, 0.6) is 0 Å². The van der Waals surface area contributed by atoms with E-state index in [1.165, 1.54) is 11.6 Å². The zero-order valence-electron chi connectivity index (χ0n) is 17.5. The van der Waals surface area contributed by atoms with Crippen LogP contribution in [0.4, 0.5) is 0 Å². The molecule has 0 aliphatic carbocycles. The van der Waals surface area contributed by atoms with Crippen LogP contribution in [0.15, 0.2) is 55.8 Å². The first-order valence-corrected chi connectivity index (χ1v) is 9.72. The maximum absolute atomic E-state index is 11.2. The lowest BCUT2D eigenvalue weighted by Gasteiger charge is -2.04. The number of amides is 1. The predicted octanol–water partition coefficient (Wildman–Crippen LogP) is 4.05. The summed E-state index contributed by atoms with van der Waals surface area (Å²) in [5, 5.41) is 13.2. The molecule has 0 aliphatic rings. The number of hydroxylamine groups is 1. The number of methoxy groups -OCH3 is 1. The average molecular weight is 400 g/mol. The molecule has 0 unspecified atom stereocenters. The molecule has 6 heteroatoms. The molecule has 29 heavy (non-hydrogen) atoms. The van der Waals surface area contributed by atoms with Crippen molar-refractivity contribution in [2.45, 2.75) is 32.9 Å². The minimum absolute atomic E-state index is 0.549. The third-order valence-electron chi connectivity index (χ3n) is 4.14. The van der Waals surface area contributed by atoms with Gasteiger partial charge < -0.3 is 14.6 Å². The van der Waals surface area contributed by atoms with E-state index in [4.69, 9.17) is 9.94 Å². The Morgan fingerprint density at radius 1 is 1.34 bits per heavy atom. The number of nitrogens with one attached hydrogen (secondary N) is 2. The number of fused-ring (bicyclic) bond motifs is 1. The number of benzene rings is 1. The van der Waals surface area contributed by atoms with Gasteiger partial charge in [-0.05, 0) is 55.6 Å². The summed E-state index contributed by atoms with van der Waals surface area (Å²) in [6.07, 6.45) is 10.9. The van der Waals surface area contributed by atoms with Crippen LogP contribution in [0.3, 0.4) is 0 Å². The van der Waals surface area contributed by atoms with E-state index in [0.29, 0.717) is 6.61 Å². The molecular weight excluding hydrogens is 366 g/mol. The van der Waals surface area contributed by atoms with Crippen molar-refractivity contribution in [1.82, 2.24) is 15.4 Å². The van der Waals surface area contributed by atoms with E-state index in [2.05, 4.69) is 35.3 Å². The van der Waals surface area contributed by atoms with E-state index in [-0.39, 0.29) is 0 Å². The molecule has 0 atom stereocenters. The van der Waals surface area contributed by atoms with Gasteiger partial charge >= 0.3 is 0 Å². The van der Waals surface area contributed by atoms with E-state index >= 15 is 0 Å². The molecule has 0 saturated heterocycles. The Kier molecular flexibility index (Phi) is 12.1. The van der Waals surface area contributed by atoms with Gasteiger partial charge in [-0.15, -0.1) is 13.2 Å². The van der Waals surface area contributed by atoms with E-state index in [0.717, 1.165) is 48.9 Å². The first kappa shape index (κ1) is 24.4. The second-order valence-corrected chi connectivity index (χ2v) is 6.44. The number of allylic oxidation sites excluding steroid dienone is 2. The molecular formula is C23H33N3O3. The van der Waals surface area contributed by atoms with Gasteiger partial charge in [0.25, 0.3) is 5.91 Å². The van der Waals surface area contributed by atoms with Gasteiger partial charge in [0, 0.05) is 43.4 Å². The second-order valence-electron chi connectivity index (χ2n) is 6.44. The predicted molar refractivity (Wildman–Crippen MR) is 120 cm³/mol. The highest BCUT2D eigenvalue weighted by Crippen LogP contribution is 2.24. The number of hydrogen-bond donors (Lipinski definition) is 3. The summed E-state index contributed by atoms with van der Waals surface area (Å²) in [5.74, 6) is -0.549. The molecule has 158 valence electrons. The topological polar surface area (TPSA) is 75.5 Å². The fraction of sp³-hybridized carbons (Fsp3) is 0.348. The van der Waals surface area contributed by atoms with Gasteiger partial charge in [0.1, 0.15) is 0 Å². The van der Waals surface area contributed by atoms with Crippen molar-refractivity contribution in [3.63, 3.8) is 0 Å². The van der Waals surface area contributed by atoms with Gasteiger partial charge in [-0.1, -0.05) is 18.2 Å². The van der Waals surface area contributed by atoms with Crippen molar-refractivity contribution in [3.05, 3.63) is 66.9 Å². The normalized spacial score (nSPS) is 10.6. The van der Waals surface area contributed by atoms with Crippen LogP contribution in [-0.4, -0.2) is 35.9 Å². The maximum atomic E-state index is 11.2. The molecule has 1 aromatic carbocycles. The molecule has 0 fully saturated rings. The number of rotatable bonds is 11. The number of carbonyl (C=O) groups excluding carboxylic acids is 1. The maximum Gasteiger partial charge on any atom is 0.267 e. The van der Waals surface area contributed by atoms with Gasteiger partial charge in [-0.3, -0.25) is 10.0 Å². The third kappa shape index (κ3) is 8.48. The Hall–Kier alpha value is -2.67. The smallest absolute Gasteiger partial charge is 0.267 e. The number of nitrogens with zero attached hydrogens (tertiary/aromatic N) is 1. The lowest BCUT2D eigenvalue weighted by molar-refractivity contribution is -0.124. The van der Waals surface area contributed by atoms with Crippen molar-refractivity contribution in [1.29, 1.82) is 0 Å². The fourth-order valence-corrected chi connectivity index (χ4v) is 2.81. The Labute approximate surface area is 173 Å². The molecule has 0 radical (unpaired) electrons. The summed E-state index contributed by atoms with van der Waals surface area (Å²) >= 11 is 0. The van der Waals surface area contributed by atoms with Crippen molar-refractivity contribution in [2.24, 2.45) is 0 Å². The minimum Gasteiger partial charge on any atom is -0.383 e. The van der Waals surface area contributed by atoms with Gasteiger partial charge in [0.2, 0.25) is 0 Å². The highest BCUT2D eigenvalue weighted by molar-refractivity contribution is 5.92. The van der Waals surface area contributed by atoms with Crippen molar-refractivity contribution in [2.75, 3.05) is 20.3 Å². The monoisotopic (exact) mass is 399 g/mol. The van der Waals surface area contributed by atoms with Gasteiger partial charge in [0.15, 0.2) is 0 Å². The molecule has 1 heterocycles. The van der Waals surface area contributed by atoms with E-state index < -0.39 is 5.91 Å². The molecule has 0 bridgehead atoms. The zero-order valence-corrected chi connectivity index (χ0v) is 17.5. The van der Waals surface area contributed by atoms with E-state index in [1.807, 2.05) is 25.1 Å². The van der Waals surface area contributed by atoms with Crippen LogP contribution < -0.4 is 10.8 Å². The highest BCUT2D eigenvalue weighted by Gasteiger charge is 2.09. The molecule has 2 rings (SSSR count). The Morgan fingerprint density at radius 2 is 2.10 bits per heavy atom. The average Bonchev–Trinajstić information content (AvgIpc) is 3.07. The molecule has 1 aromatic heterocycles. The van der Waals surface area contributed by atoms with Crippen molar-refractivity contribution >= 4 is 22.9 Å². The van der Waals surface area contributed by atoms with Gasteiger partial charge in [0.05, 0.1) is 6.61 Å². The lowest BCUT2D eigenvalue weighted by atomic mass is 10.1. The molecule has 2 aromatic rings. The minimum atomic E-state index is -0.549. The molecule has 6 nitrogen and oxygen atoms in total. The van der Waals surface area contributed by atoms with Crippen molar-refractivity contribution < 1.29 is 14.7 Å². The van der Waals surface area contributed by atoms with Gasteiger partial charge in [-0.2, -0.15) is 0 Å². The number of carbonyl (C=O) groups is 1. The van der Waals surface area contributed by atoms with Crippen LogP contribution in [0.25, 0.3) is 17.0 Å². The number of aromatic nitrogens is 1. The Balaban J connectivity index is 0.00000132. The molecule has 1 amide bonds. The van der Waals surface area contributed by atoms with Crippen LogP contribution in [0.1, 0.15) is 30.9 Å². The number of hydrogen-bond acceptors (Lipinski definition) is 4. The quantitative estimate of drug-likeness (QED) is 0.175. The zero-order chi connectivity index (χ0) is 21.5. The summed E-state index contributed by atoms with van der Waals surface area (Å²) < 4.78 is 7.39. The summed E-state index contributed by atoms with van der Waals surface area (Å²) in [5.41, 5.74) is 4.83. The van der Waals surface area contributed by atoms with Crippen LogP contribution in [0.2, 0.25) is 0 Å². The molecule has 3 N–H and O–H groups in total. The second kappa shape index (κ2) is 14.3. The van der Waals surface area contributed by atoms with Crippen molar-refractivity contribution in [3.8, 4) is 0 Å². The first-order chi connectivity index (χ1) is 14.1. The summed E-state index contributed by atoms with van der Waals surface area (Å²) in [6, 6.07) is 6.05. The van der Waals surface area contributed by atoms with E-state index in [9.17, 15) is 4.79 Å². The number of ether oxygens (including phenoxy) is 1. The van der Waals surface area contributed by atoms with Crippen LogP contribution in [0, 0.1) is 0 Å². The molecule has 0 spiro atoms. The van der Waals surface area contributed by atoms with Crippen LogP contribution >= 0.6 is 0 Å². The van der Waals surface area contributed by atoms with Gasteiger partial charge in [-0.25, -0.2) is 5.48 Å². The number of unbranched alkanes of at least 4 members (excludes halogenated alkanes) is 1. The summed E-state index contributed by atoms with van der Waals surface area (Å²) in [6.45, 7) is 12.1. The van der Waals surface area contributed by atoms with E-state index in [1.54, 1.807) is 24.7 Å². The summed E-state index contributed by atoms with van der Waals surface area (Å²) in [4.78, 5) is 11.2. The third-order valence-corrected chi connectivity index (χ3v) is 4.14. The summed E-state index contributed by atoms with van der Waals surface area (Å²) in [7, 11) is 1.70.